The third-order valence-corrected chi connectivity index (χ3v) is 2.56. The number of rotatable bonds is 5. The number of urea groups is 1. The highest BCUT2D eigenvalue weighted by atomic mass is 19.3. The van der Waals surface area contributed by atoms with Crippen LogP contribution in [-0.4, -0.2) is 45.5 Å². The Labute approximate surface area is 130 Å². The minimum Gasteiger partial charge on any atom is -0.467 e. The van der Waals surface area contributed by atoms with Gasteiger partial charge in [0.2, 0.25) is 0 Å². The predicted molar refractivity (Wildman–Crippen MR) is 77.3 cm³/mol. The standard InChI is InChI=1S/C13H14F2N6O2/c1-13(14,15)7-20-11(22)21-10-6-16-9(5-17-10)8-3-18-12(23-2)19-4-8/h3-6H,7H2,1-2H3,(H2,17,20,21,22). The molecule has 2 amide bonds. The smallest absolute Gasteiger partial charge is 0.320 e. The molecule has 2 aromatic heterocycles. The van der Waals surface area contributed by atoms with Crippen molar-refractivity contribution in [3.05, 3.63) is 24.8 Å². The van der Waals surface area contributed by atoms with E-state index in [1.165, 1.54) is 31.9 Å². The van der Waals surface area contributed by atoms with Crippen molar-refractivity contribution in [3.63, 3.8) is 0 Å². The molecule has 8 nitrogen and oxygen atoms in total. The fourth-order valence-electron chi connectivity index (χ4n) is 1.49. The van der Waals surface area contributed by atoms with Crippen molar-refractivity contribution in [1.82, 2.24) is 25.3 Å². The summed E-state index contributed by atoms with van der Waals surface area (Å²) in [6.07, 6.45) is 5.72. The molecule has 23 heavy (non-hydrogen) atoms. The van der Waals surface area contributed by atoms with Gasteiger partial charge in [-0.3, -0.25) is 10.3 Å². The predicted octanol–water partition coefficient (Wildman–Crippen LogP) is 1.72. The number of ether oxygens (including phenoxy) is 1. The van der Waals surface area contributed by atoms with E-state index in [1.807, 2.05) is 5.32 Å². The van der Waals surface area contributed by atoms with Gasteiger partial charge in [0.05, 0.1) is 31.7 Å². The molecule has 2 heterocycles. The fourth-order valence-corrected chi connectivity index (χ4v) is 1.49. The summed E-state index contributed by atoms with van der Waals surface area (Å²) in [5.41, 5.74) is 1.10. The summed E-state index contributed by atoms with van der Waals surface area (Å²) in [7, 11) is 1.45. The number of nitrogens with one attached hydrogen (secondary N) is 2. The van der Waals surface area contributed by atoms with Crippen LogP contribution in [0, 0.1) is 0 Å². The highest BCUT2D eigenvalue weighted by molar-refractivity contribution is 5.88. The molecule has 0 aliphatic heterocycles. The van der Waals surface area contributed by atoms with E-state index in [-0.39, 0.29) is 11.8 Å². The van der Waals surface area contributed by atoms with Gasteiger partial charge in [-0.2, -0.15) is 0 Å². The number of carbonyl (C=O) groups is 1. The topological polar surface area (TPSA) is 102 Å². The van der Waals surface area contributed by atoms with E-state index in [2.05, 4.69) is 25.3 Å². The second-order valence-electron chi connectivity index (χ2n) is 4.62. The molecule has 0 saturated heterocycles. The Morgan fingerprint density at radius 2 is 1.87 bits per heavy atom. The number of carbonyl (C=O) groups excluding carboxylic acids is 1. The van der Waals surface area contributed by atoms with E-state index in [4.69, 9.17) is 4.74 Å². The van der Waals surface area contributed by atoms with Crippen LogP contribution in [0.1, 0.15) is 6.92 Å². The van der Waals surface area contributed by atoms with Crippen LogP contribution in [0.4, 0.5) is 19.4 Å². The molecule has 0 radical (unpaired) electrons. The van der Waals surface area contributed by atoms with E-state index in [1.54, 1.807) is 0 Å². The first-order valence-electron chi connectivity index (χ1n) is 6.48. The largest absolute Gasteiger partial charge is 0.467 e. The quantitative estimate of drug-likeness (QED) is 0.868. The molecule has 0 bridgehead atoms. The maximum Gasteiger partial charge on any atom is 0.320 e. The van der Waals surface area contributed by atoms with Crippen LogP contribution in [0.3, 0.4) is 0 Å². The average Bonchev–Trinajstić information content (AvgIpc) is 2.53. The monoisotopic (exact) mass is 324 g/mol. The SMILES string of the molecule is COc1ncc(-c2cnc(NC(=O)NCC(C)(F)F)cn2)cn1. The number of alkyl halides is 2. The molecule has 0 aliphatic carbocycles. The Morgan fingerprint density at radius 1 is 1.17 bits per heavy atom. The number of methoxy groups -OCH3 is 1. The zero-order valence-electron chi connectivity index (χ0n) is 12.4. The van der Waals surface area contributed by atoms with E-state index in [9.17, 15) is 13.6 Å². The van der Waals surface area contributed by atoms with Crippen molar-refractivity contribution < 1.29 is 18.3 Å². The Morgan fingerprint density at radius 3 is 2.39 bits per heavy atom. The summed E-state index contributed by atoms with van der Waals surface area (Å²) in [4.78, 5) is 27.4. The van der Waals surface area contributed by atoms with Gasteiger partial charge in [-0.15, -0.1) is 0 Å². The van der Waals surface area contributed by atoms with Crippen LogP contribution in [-0.2, 0) is 0 Å². The Kier molecular flexibility index (Phi) is 4.94. The van der Waals surface area contributed by atoms with E-state index in [0.29, 0.717) is 18.2 Å². The molecule has 0 fully saturated rings. The number of nitrogens with zero attached hydrogens (tertiary/aromatic N) is 4. The number of anilines is 1. The fraction of sp³-hybridized carbons (Fsp3) is 0.308. The van der Waals surface area contributed by atoms with Crippen molar-refractivity contribution in [2.75, 3.05) is 19.0 Å². The number of hydrogen-bond acceptors (Lipinski definition) is 6. The number of aromatic nitrogens is 4. The zero-order valence-corrected chi connectivity index (χ0v) is 12.4. The van der Waals surface area contributed by atoms with Gasteiger partial charge in [0, 0.05) is 24.9 Å². The highest BCUT2D eigenvalue weighted by Gasteiger charge is 2.21. The first-order valence-corrected chi connectivity index (χ1v) is 6.48. The summed E-state index contributed by atoms with van der Waals surface area (Å²) in [5, 5.41) is 4.33. The molecule has 10 heteroatoms. The lowest BCUT2D eigenvalue weighted by Crippen LogP contribution is -2.37. The van der Waals surface area contributed by atoms with Gasteiger partial charge >= 0.3 is 12.0 Å². The Hall–Kier alpha value is -2.91. The van der Waals surface area contributed by atoms with Gasteiger partial charge in [-0.25, -0.2) is 28.5 Å². The lowest BCUT2D eigenvalue weighted by Gasteiger charge is -2.11. The molecule has 0 spiro atoms. The molecule has 0 aromatic carbocycles. The summed E-state index contributed by atoms with van der Waals surface area (Å²) < 4.78 is 30.1. The van der Waals surface area contributed by atoms with Crippen LogP contribution in [0.5, 0.6) is 6.01 Å². The summed E-state index contributed by atoms with van der Waals surface area (Å²) in [5.74, 6) is -2.86. The van der Waals surface area contributed by atoms with Crippen LogP contribution in [0.2, 0.25) is 0 Å². The van der Waals surface area contributed by atoms with Gasteiger partial charge in [0.15, 0.2) is 5.82 Å². The van der Waals surface area contributed by atoms with Crippen LogP contribution < -0.4 is 15.4 Å². The summed E-state index contributed by atoms with van der Waals surface area (Å²) >= 11 is 0. The normalized spacial score (nSPS) is 11.0. The summed E-state index contributed by atoms with van der Waals surface area (Å²) in [6.45, 7) is -0.0632. The van der Waals surface area contributed by atoms with Crippen LogP contribution in [0.15, 0.2) is 24.8 Å². The van der Waals surface area contributed by atoms with Crippen molar-refractivity contribution in [3.8, 4) is 17.3 Å². The van der Waals surface area contributed by atoms with Crippen LogP contribution >= 0.6 is 0 Å². The Balaban J connectivity index is 1.97. The maximum atomic E-state index is 12.6. The van der Waals surface area contributed by atoms with Crippen molar-refractivity contribution in [2.45, 2.75) is 12.8 Å². The second kappa shape index (κ2) is 6.90. The van der Waals surface area contributed by atoms with E-state index >= 15 is 0 Å². The lowest BCUT2D eigenvalue weighted by molar-refractivity contribution is 0.0257. The average molecular weight is 324 g/mol. The van der Waals surface area contributed by atoms with E-state index in [0.717, 1.165) is 0 Å². The molecular weight excluding hydrogens is 310 g/mol. The number of halogens is 2. The van der Waals surface area contributed by atoms with Gasteiger partial charge in [0.25, 0.3) is 5.92 Å². The maximum absolute atomic E-state index is 12.6. The molecule has 2 rings (SSSR count). The van der Waals surface area contributed by atoms with Gasteiger partial charge in [-0.1, -0.05) is 0 Å². The van der Waals surface area contributed by atoms with Gasteiger partial charge in [0.1, 0.15) is 0 Å². The van der Waals surface area contributed by atoms with Crippen LogP contribution in [0.25, 0.3) is 11.3 Å². The molecule has 2 N–H and O–H groups in total. The molecule has 0 unspecified atom stereocenters. The van der Waals surface area contributed by atoms with Crippen molar-refractivity contribution in [1.29, 1.82) is 0 Å². The second-order valence-corrected chi connectivity index (χ2v) is 4.62. The number of amides is 2. The molecule has 2 aromatic rings. The van der Waals surface area contributed by atoms with Crippen molar-refractivity contribution in [2.24, 2.45) is 0 Å². The summed E-state index contributed by atoms with van der Waals surface area (Å²) in [6, 6.07) is -0.564. The zero-order chi connectivity index (χ0) is 16.9. The molecule has 0 aliphatic rings. The molecular formula is C13H14F2N6O2. The third-order valence-electron chi connectivity index (χ3n) is 2.56. The molecule has 0 atom stereocenters. The Bertz CT molecular complexity index is 658. The molecule has 122 valence electrons. The minimum absolute atomic E-state index is 0.125. The van der Waals surface area contributed by atoms with Crippen molar-refractivity contribution >= 4 is 11.8 Å². The third kappa shape index (κ3) is 5.09. The molecule has 0 saturated carbocycles. The number of hydrogen-bond donors (Lipinski definition) is 2. The van der Waals surface area contributed by atoms with Gasteiger partial charge < -0.3 is 10.1 Å². The van der Waals surface area contributed by atoms with E-state index < -0.39 is 18.5 Å². The van der Waals surface area contributed by atoms with Gasteiger partial charge in [-0.05, 0) is 0 Å². The minimum atomic E-state index is -2.98. The first kappa shape index (κ1) is 16.5. The lowest BCUT2D eigenvalue weighted by atomic mass is 10.2. The highest BCUT2D eigenvalue weighted by Crippen LogP contribution is 2.16. The first-order chi connectivity index (χ1) is 10.9.